The number of rotatable bonds is 36. The van der Waals surface area contributed by atoms with Crippen LogP contribution >= 0.6 is 0 Å². The van der Waals surface area contributed by atoms with E-state index < -0.39 is 28.4 Å². The fourth-order valence-corrected chi connectivity index (χ4v) is 6.74. The molecule has 0 bridgehead atoms. The summed E-state index contributed by atoms with van der Waals surface area (Å²) in [4.78, 5) is 20.4. The van der Waals surface area contributed by atoms with Gasteiger partial charge in [0.05, 0.1) is 12.7 Å². The topological polar surface area (TPSA) is 228 Å². The molecule has 368 valence electrons. The van der Waals surface area contributed by atoms with Gasteiger partial charge in [0.1, 0.15) is 5.75 Å². The average Bonchev–Trinajstić information content (AvgIpc) is 3.19. The van der Waals surface area contributed by atoms with Gasteiger partial charge in [-0.1, -0.05) is 200 Å². The Labute approximate surface area is 401 Å². The molecule has 0 amide bonds. The second-order valence-corrected chi connectivity index (χ2v) is 18.7. The Kier molecular flexibility index (Phi) is 52.3. The van der Waals surface area contributed by atoms with E-state index in [0.717, 1.165) is 25.7 Å². The first-order valence-electron chi connectivity index (χ1n) is 24.3. The van der Waals surface area contributed by atoms with E-state index >= 15 is 0 Å². The summed E-state index contributed by atoms with van der Waals surface area (Å²) >= 11 is 0. The molecule has 0 saturated carbocycles. The summed E-state index contributed by atoms with van der Waals surface area (Å²) < 4.78 is 31.6. The maximum Gasteiger partial charge on any atom is 2.00 e. The van der Waals surface area contributed by atoms with E-state index in [1.807, 2.05) is 20.8 Å². The van der Waals surface area contributed by atoms with Crippen LogP contribution in [0.25, 0.3) is 0 Å². The first kappa shape index (κ1) is 68.1. The minimum absolute atomic E-state index is 0. The molecule has 1 rings (SSSR count). The maximum absolute atomic E-state index is 10.2. The van der Waals surface area contributed by atoms with Crippen LogP contribution in [0.4, 0.5) is 0 Å². The maximum atomic E-state index is 10.2. The van der Waals surface area contributed by atoms with Crippen LogP contribution in [0.5, 0.6) is 5.75 Å². The number of carbonyl (C=O) groups is 2. The van der Waals surface area contributed by atoms with Gasteiger partial charge in [0.25, 0.3) is 0 Å². The van der Waals surface area contributed by atoms with Crippen molar-refractivity contribution in [3.8, 4) is 5.75 Å². The summed E-state index contributed by atoms with van der Waals surface area (Å²) in [5, 5.41) is 52.1. The van der Waals surface area contributed by atoms with Crippen molar-refractivity contribution in [3.63, 3.8) is 0 Å². The summed E-state index contributed by atoms with van der Waals surface area (Å²) in [5.74, 6) is -1.76. The number of aliphatic hydroxyl groups excluding tert-OH is 2. The molecule has 1 aromatic rings. The predicted molar refractivity (Wildman–Crippen MR) is 256 cm³/mol. The number of carboxylic acid groups (broad SMARTS) is 2. The van der Waals surface area contributed by atoms with Crippen LogP contribution < -0.4 is 15.5 Å². The van der Waals surface area contributed by atoms with Crippen LogP contribution in [0.15, 0.2) is 18.2 Å². The van der Waals surface area contributed by atoms with Crippen LogP contribution in [0, 0.1) is 0 Å². The van der Waals surface area contributed by atoms with Crippen LogP contribution in [-0.4, -0.2) is 79.9 Å². The smallest absolute Gasteiger partial charge is 0.550 e. The number of benzene rings is 1. The molecule has 6 N–H and O–H groups in total. The largest absolute Gasteiger partial charge is 2.00 e. The van der Waals surface area contributed by atoms with Gasteiger partial charge in [0.15, 0.2) is 0 Å². The summed E-state index contributed by atoms with van der Waals surface area (Å²) in [6, 6.07) is 4.76. The third-order valence-electron chi connectivity index (χ3n) is 10.5. The molecule has 0 fully saturated rings. The van der Waals surface area contributed by atoms with Gasteiger partial charge in [0.2, 0.25) is 0 Å². The van der Waals surface area contributed by atoms with Crippen molar-refractivity contribution in [2.45, 2.75) is 258 Å². The van der Waals surface area contributed by atoms with Crippen molar-refractivity contribution < 1.29 is 52.6 Å². The number of β-amino-alcohol motifs (C(OH)–C–C–N with tert-alkyl or cyclic N) is 1. The third-order valence-corrected chi connectivity index (χ3v) is 10.5. The molecule has 12 nitrogen and oxygen atoms in total. The summed E-state index contributed by atoms with van der Waals surface area (Å²) in [5.41, 5.74) is 1.05. The molecule has 0 radical (unpaired) electrons. The second kappa shape index (κ2) is 48.4. The van der Waals surface area contributed by atoms with Crippen LogP contribution in [0.1, 0.15) is 257 Å². The normalized spacial score (nSPS) is 11.5. The van der Waals surface area contributed by atoms with E-state index in [-0.39, 0.29) is 53.8 Å². The minimum Gasteiger partial charge on any atom is -0.550 e. The molecule has 1 unspecified atom stereocenters. The molecule has 0 aliphatic carbocycles. The van der Waals surface area contributed by atoms with Crippen molar-refractivity contribution in [2.24, 2.45) is 0 Å². The van der Waals surface area contributed by atoms with Gasteiger partial charge in [0, 0.05) is 29.6 Å². The third kappa shape index (κ3) is 62.6. The fraction of sp³-hybridized carbons (Fsp3) is 0.837. The van der Waals surface area contributed by atoms with Gasteiger partial charge in [-0.05, 0) is 64.2 Å². The molecule has 1 aromatic carbocycles. The predicted octanol–water partition coefficient (Wildman–Crippen LogP) is 10.3. The number of hydrogen-bond donors (Lipinski definition) is 6. The van der Waals surface area contributed by atoms with Gasteiger partial charge >= 0.3 is 33.5 Å². The van der Waals surface area contributed by atoms with E-state index in [4.69, 9.17) is 22.6 Å². The van der Waals surface area contributed by atoms with Gasteiger partial charge in [-0.3, -0.25) is 9.11 Å². The van der Waals surface area contributed by atoms with Crippen molar-refractivity contribution in [3.05, 3.63) is 29.3 Å². The van der Waals surface area contributed by atoms with Crippen LogP contribution in [0.2, 0.25) is 0 Å². The zero-order chi connectivity index (χ0) is 47.3. The van der Waals surface area contributed by atoms with Gasteiger partial charge < -0.3 is 40.4 Å². The van der Waals surface area contributed by atoms with E-state index in [2.05, 4.69) is 19.2 Å². The standard InChI is InChI=1S/2C18H36O2.C13H21NO3.Mg.H2O4S/c2*1-2-3-4-5-6-7-8-9-10-11-12-13-14-15-16-17-18(19)20;1-13(2,3)14-7-12(17)9-4-5-11(16)10(6-9)8-15;;1-5(2,3)4/h2*2-17H2,1H3,(H,19,20);4-6,12,14-17H,7-8H2,1-3H3;;(H2,1,2,3,4)/q;;;+2;/p-2. The Bertz CT molecular complexity index is 1210. The summed E-state index contributed by atoms with van der Waals surface area (Å²) in [7, 11) is -4.67. The summed E-state index contributed by atoms with van der Waals surface area (Å²) in [6.07, 6.45) is 39.1. The Hall–Kier alpha value is -1.52. The van der Waals surface area contributed by atoms with Crippen molar-refractivity contribution in [2.75, 3.05) is 6.54 Å². The Morgan fingerprint density at radius 1 is 0.587 bits per heavy atom. The fourth-order valence-electron chi connectivity index (χ4n) is 6.74. The summed E-state index contributed by atoms with van der Waals surface area (Å²) in [6.45, 7) is 10.8. The number of carbonyl (C=O) groups excluding carboxylic acids is 2. The second-order valence-electron chi connectivity index (χ2n) is 17.8. The minimum atomic E-state index is -4.67. The number of aromatic hydroxyl groups is 1. The van der Waals surface area contributed by atoms with Crippen LogP contribution in [0.3, 0.4) is 0 Å². The van der Waals surface area contributed by atoms with Crippen molar-refractivity contribution in [1.29, 1.82) is 0 Å². The molecule has 63 heavy (non-hydrogen) atoms. The number of hydrogen-bond acceptors (Lipinski definition) is 10. The molecule has 0 aromatic heterocycles. The van der Waals surface area contributed by atoms with E-state index in [9.17, 15) is 30.0 Å². The number of aliphatic hydroxyl groups is 2. The molecule has 0 aliphatic heterocycles. The number of nitrogens with one attached hydrogen (secondary N) is 1. The van der Waals surface area contributed by atoms with Gasteiger partial charge in [-0.2, -0.15) is 8.42 Å². The molecule has 0 spiro atoms. The molecule has 0 aliphatic rings. The first-order valence-corrected chi connectivity index (χ1v) is 25.7. The average molecular weight is 929 g/mol. The van der Waals surface area contributed by atoms with Crippen LogP contribution in [-0.2, 0) is 26.6 Å². The van der Waals surface area contributed by atoms with E-state index in [0.29, 0.717) is 17.7 Å². The zero-order valence-electron chi connectivity index (χ0n) is 40.7. The number of aliphatic carboxylic acids is 2. The molecular formula is C49H93MgNO11S. The number of unbranched alkanes of at least 4 members (excludes halogenated alkanes) is 28. The zero-order valence-corrected chi connectivity index (χ0v) is 42.9. The number of phenols is 1. The number of carboxylic acids is 2. The monoisotopic (exact) mass is 928 g/mol. The first-order chi connectivity index (χ1) is 29.4. The van der Waals surface area contributed by atoms with Crippen molar-refractivity contribution in [1.82, 2.24) is 5.32 Å². The van der Waals surface area contributed by atoms with Gasteiger partial charge in [-0.25, -0.2) is 0 Å². The molecule has 14 heteroatoms. The molecular weight excluding hydrogens is 835 g/mol. The molecule has 0 heterocycles. The Morgan fingerprint density at radius 3 is 1.10 bits per heavy atom. The Morgan fingerprint density at radius 2 is 0.857 bits per heavy atom. The molecule has 0 saturated heterocycles. The van der Waals surface area contributed by atoms with Crippen molar-refractivity contribution >= 4 is 45.4 Å². The van der Waals surface area contributed by atoms with Gasteiger partial charge in [-0.15, -0.1) is 0 Å². The quantitative estimate of drug-likeness (QED) is 0.0210. The van der Waals surface area contributed by atoms with E-state index in [1.165, 1.54) is 173 Å². The Balaban J connectivity index is -0.000000390. The SMILES string of the molecule is CC(C)(C)NCC(O)c1ccc(O)c(CO)c1.CCCCCCCCCCCCCCCCCC(=O)[O-].CCCCCCCCCCCCCCCCCC(=O)[O-].O=S(=O)(O)O.[Mg+2]. The van der Waals surface area contributed by atoms with E-state index in [1.54, 1.807) is 12.1 Å². The molecule has 1 atom stereocenters.